The van der Waals surface area contributed by atoms with Crippen molar-refractivity contribution in [3.8, 4) is 0 Å². The molecule has 2 fully saturated rings. The van der Waals surface area contributed by atoms with Crippen LogP contribution in [0, 0.1) is 0 Å². The van der Waals surface area contributed by atoms with E-state index in [9.17, 15) is 13.2 Å². The lowest BCUT2D eigenvalue weighted by Gasteiger charge is -2.32. The molecule has 3 rings (SSSR count). The highest BCUT2D eigenvalue weighted by atomic mass is 32.2. The predicted octanol–water partition coefficient (Wildman–Crippen LogP) is 2.30. The number of rotatable bonds is 4. The summed E-state index contributed by atoms with van der Waals surface area (Å²) in [6, 6.07) is 6.63. The van der Waals surface area contributed by atoms with E-state index < -0.39 is 10.0 Å². The minimum Gasteiger partial charge on any atom is -0.373 e. The first-order chi connectivity index (χ1) is 11.8. The zero-order valence-corrected chi connectivity index (χ0v) is 15.6. The molecular formula is C18H26N2O4S. The molecule has 1 unspecified atom stereocenters. The van der Waals surface area contributed by atoms with Crippen LogP contribution in [0.25, 0.3) is 0 Å². The van der Waals surface area contributed by atoms with Crippen LogP contribution in [0.4, 0.5) is 5.69 Å². The normalized spacial score (nSPS) is 22.7. The third-order valence-electron chi connectivity index (χ3n) is 5.30. The summed E-state index contributed by atoms with van der Waals surface area (Å²) in [5, 5.41) is 3.05. The van der Waals surface area contributed by atoms with Crippen LogP contribution in [-0.4, -0.2) is 45.9 Å². The first-order valence-electron chi connectivity index (χ1n) is 8.78. The Morgan fingerprint density at radius 1 is 1.20 bits per heavy atom. The van der Waals surface area contributed by atoms with Gasteiger partial charge in [0.1, 0.15) is 0 Å². The number of carbonyl (C=O) groups excluding carboxylic acids is 1. The number of hydrogen-bond acceptors (Lipinski definition) is 4. The number of benzene rings is 1. The van der Waals surface area contributed by atoms with Gasteiger partial charge in [0, 0.05) is 12.6 Å². The van der Waals surface area contributed by atoms with Crippen LogP contribution < -0.4 is 9.62 Å². The summed E-state index contributed by atoms with van der Waals surface area (Å²) < 4.78 is 30.3. The molecule has 6 nitrogen and oxygen atoms in total. The number of ether oxygens (including phenoxy) is 1. The molecule has 1 N–H and O–H groups in total. The number of nitrogens with one attached hydrogen (secondary N) is 1. The number of sulfonamides is 1. The number of anilines is 1. The second kappa shape index (κ2) is 6.96. The van der Waals surface area contributed by atoms with Crippen LogP contribution in [-0.2, 0) is 14.8 Å². The molecule has 25 heavy (non-hydrogen) atoms. The lowest BCUT2D eigenvalue weighted by Crippen LogP contribution is -2.37. The van der Waals surface area contributed by atoms with E-state index in [1.807, 2.05) is 0 Å². The molecule has 1 aromatic carbocycles. The van der Waals surface area contributed by atoms with Crippen LogP contribution in [0.2, 0.25) is 0 Å². The molecular weight excluding hydrogens is 340 g/mol. The van der Waals surface area contributed by atoms with Crippen molar-refractivity contribution in [3.63, 3.8) is 0 Å². The summed E-state index contributed by atoms with van der Waals surface area (Å²) in [6.45, 7) is 0.570. The Kier molecular flexibility index (Phi) is 5.06. The van der Waals surface area contributed by atoms with Crippen molar-refractivity contribution in [1.29, 1.82) is 0 Å². The second-order valence-corrected chi connectivity index (χ2v) is 9.22. The third-order valence-corrected chi connectivity index (χ3v) is 6.51. The van der Waals surface area contributed by atoms with Crippen molar-refractivity contribution in [2.75, 3.05) is 24.2 Å². The van der Waals surface area contributed by atoms with Crippen LogP contribution in [0.3, 0.4) is 0 Å². The van der Waals surface area contributed by atoms with E-state index in [4.69, 9.17) is 4.74 Å². The zero-order chi connectivity index (χ0) is 18.1. The van der Waals surface area contributed by atoms with E-state index in [0.717, 1.165) is 25.5 Å². The fourth-order valence-corrected chi connectivity index (χ4v) is 4.27. The maximum atomic E-state index is 12.5. The van der Waals surface area contributed by atoms with Crippen molar-refractivity contribution in [2.24, 2.45) is 0 Å². The van der Waals surface area contributed by atoms with E-state index >= 15 is 0 Å². The van der Waals surface area contributed by atoms with Gasteiger partial charge in [0.05, 0.1) is 30.2 Å². The summed E-state index contributed by atoms with van der Waals surface area (Å²) in [6.07, 6.45) is 7.89. The summed E-state index contributed by atoms with van der Waals surface area (Å²) in [5.41, 5.74) is 1.03. The first kappa shape index (κ1) is 18.2. The van der Waals surface area contributed by atoms with Crippen molar-refractivity contribution in [1.82, 2.24) is 5.32 Å². The molecule has 0 radical (unpaired) electrons. The maximum Gasteiger partial charge on any atom is 0.251 e. The van der Waals surface area contributed by atoms with E-state index in [1.54, 1.807) is 24.3 Å². The largest absolute Gasteiger partial charge is 0.373 e. The Morgan fingerprint density at radius 2 is 1.84 bits per heavy atom. The summed E-state index contributed by atoms with van der Waals surface area (Å²) >= 11 is 0. The Morgan fingerprint density at radius 3 is 2.44 bits per heavy atom. The molecule has 138 valence electrons. The van der Waals surface area contributed by atoms with E-state index in [0.29, 0.717) is 17.9 Å². The molecule has 1 saturated heterocycles. The molecule has 1 amide bonds. The molecule has 1 aromatic rings. The van der Waals surface area contributed by atoms with Gasteiger partial charge in [-0.2, -0.15) is 0 Å². The number of carbonyl (C=O) groups is 1. The fourth-order valence-electron chi connectivity index (χ4n) is 3.76. The van der Waals surface area contributed by atoms with Gasteiger partial charge >= 0.3 is 0 Å². The van der Waals surface area contributed by atoms with Crippen LogP contribution in [0.1, 0.15) is 48.9 Å². The highest BCUT2D eigenvalue weighted by molar-refractivity contribution is 7.92. The maximum absolute atomic E-state index is 12.5. The van der Waals surface area contributed by atoms with Crippen molar-refractivity contribution in [3.05, 3.63) is 29.8 Å². The number of amides is 1. The quantitative estimate of drug-likeness (QED) is 0.887. The minimum atomic E-state index is -3.31. The van der Waals surface area contributed by atoms with E-state index in [1.165, 1.54) is 30.6 Å². The third kappa shape index (κ3) is 4.15. The standard InChI is InChI=1S/C18H26N2O4S/c1-20(25(2,22)23)16-8-6-14(7-9-16)17(21)19-15-12-18(24-13-15)10-4-3-5-11-18/h6-9,15H,3-5,10-13H2,1-2H3,(H,19,21). The molecule has 0 bridgehead atoms. The first-order valence-corrected chi connectivity index (χ1v) is 10.6. The van der Waals surface area contributed by atoms with Crippen LogP contribution in [0.5, 0.6) is 0 Å². The van der Waals surface area contributed by atoms with Crippen molar-refractivity contribution >= 4 is 21.6 Å². The average Bonchev–Trinajstić information content (AvgIpc) is 2.96. The van der Waals surface area contributed by atoms with Gasteiger partial charge < -0.3 is 10.1 Å². The van der Waals surface area contributed by atoms with Gasteiger partial charge in [-0.1, -0.05) is 19.3 Å². The van der Waals surface area contributed by atoms with Gasteiger partial charge in [-0.15, -0.1) is 0 Å². The van der Waals surface area contributed by atoms with Crippen molar-refractivity contribution < 1.29 is 17.9 Å². The lowest BCUT2D eigenvalue weighted by molar-refractivity contribution is -0.0246. The molecule has 0 aromatic heterocycles. The zero-order valence-electron chi connectivity index (χ0n) is 14.8. The molecule has 1 atom stereocenters. The molecule has 2 aliphatic rings. The Hall–Kier alpha value is -1.60. The van der Waals surface area contributed by atoms with Gasteiger partial charge in [-0.05, 0) is 43.5 Å². The summed E-state index contributed by atoms with van der Waals surface area (Å²) in [4.78, 5) is 12.5. The van der Waals surface area contributed by atoms with Gasteiger partial charge in [0.15, 0.2) is 0 Å². The van der Waals surface area contributed by atoms with Crippen LogP contribution in [0.15, 0.2) is 24.3 Å². The van der Waals surface area contributed by atoms with E-state index in [2.05, 4.69) is 5.32 Å². The van der Waals surface area contributed by atoms with Gasteiger partial charge in [-0.3, -0.25) is 9.10 Å². The molecule has 1 aliphatic carbocycles. The molecule has 1 heterocycles. The molecule has 1 spiro atoms. The Labute approximate surface area is 149 Å². The highest BCUT2D eigenvalue weighted by Crippen LogP contribution is 2.39. The molecule has 7 heteroatoms. The topological polar surface area (TPSA) is 75.7 Å². The van der Waals surface area contributed by atoms with Gasteiger partial charge in [0.25, 0.3) is 5.91 Å². The SMILES string of the molecule is CN(c1ccc(C(=O)NC2COC3(CCCCC3)C2)cc1)S(C)(=O)=O. The summed E-state index contributed by atoms with van der Waals surface area (Å²) in [7, 11) is -1.82. The second-order valence-electron chi connectivity index (χ2n) is 7.21. The van der Waals surface area contributed by atoms with Gasteiger partial charge in [-0.25, -0.2) is 8.42 Å². The highest BCUT2D eigenvalue weighted by Gasteiger charge is 2.41. The molecule has 1 saturated carbocycles. The monoisotopic (exact) mass is 366 g/mol. The minimum absolute atomic E-state index is 0.0295. The lowest BCUT2D eigenvalue weighted by atomic mass is 9.82. The smallest absolute Gasteiger partial charge is 0.251 e. The Balaban J connectivity index is 1.60. The number of hydrogen-bond donors (Lipinski definition) is 1. The molecule has 1 aliphatic heterocycles. The Bertz CT molecular complexity index is 724. The van der Waals surface area contributed by atoms with E-state index in [-0.39, 0.29) is 17.6 Å². The van der Waals surface area contributed by atoms with Crippen LogP contribution >= 0.6 is 0 Å². The average molecular weight is 366 g/mol. The van der Waals surface area contributed by atoms with Crippen molar-refractivity contribution in [2.45, 2.75) is 50.2 Å². The fraction of sp³-hybridized carbons (Fsp3) is 0.611. The number of nitrogens with zero attached hydrogens (tertiary/aromatic N) is 1. The van der Waals surface area contributed by atoms with Gasteiger partial charge in [0.2, 0.25) is 10.0 Å². The summed E-state index contributed by atoms with van der Waals surface area (Å²) in [5.74, 6) is -0.144. The predicted molar refractivity (Wildman–Crippen MR) is 97.3 cm³/mol.